The number of likely N-dealkylation sites (tertiary alicyclic amines) is 1. The summed E-state index contributed by atoms with van der Waals surface area (Å²) in [5.41, 5.74) is 2.56. The van der Waals surface area contributed by atoms with Crippen LogP contribution in [0.4, 0.5) is 0 Å². The van der Waals surface area contributed by atoms with Gasteiger partial charge in [-0.2, -0.15) is 0 Å². The third-order valence-electron chi connectivity index (χ3n) is 6.29. The van der Waals surface area contributed by atoms with Gasteiger partial charge in [0.05, 0.1) is 6.54 Å². The molecule has 1 aromatic carbocycles. The number of hydrogen-bond donors (Lipinski definition) is 1. The van der Waals surface area contributed by atoms with Crippen LogP contribution < -0.4 is 5.32 Å². The van der Waals surface area contributed by atoms with Gasteiger partial charge in [0.15, 0.2) is 5.76 Å². The molecule has 1 amide bonds. The molecule has 5 heteroatoms. The average molecular weight is 426 g/mol. The van der Waals surface area contributed by atoms with Gasteiger partial charge in [-0.3, -0.25) is 9.69 Å². The first-order chi connectivity index (χ1) is 14.9. The SMILES string of the molecule is Cc1cccc(CN(Cc2ccc(C(=O)NCCCN3CCCCC3C)o2)C(C)C)c1. The fraction of sp³-hybridized carbons (Fsp3) is 0.577. The molecule has 5 nitrogen and oxygen atoms in total. The molecule has 0 saturated carbocycles. The molecule has 1 fully saturated rings. The van der Waals surface area contributed by atoms with Crippen molar-refractivity contribution in [3.63, 3.8) is 0 Å². The Balaban J connectivity index is 1.47. The van der Waals surface area contributed by atoms with Gasteiger partial charge in [-0.15, -0.1) is 0 Å². The molecule has 1 aliphatic heterocycles. The van der Waals surface area contributed by atoms with Crippen molar-refractivity contribution in [2.24, 2.45) is 0 Å². The summed E-state index contributed by atoms with van der Waals surface area (Å²) in [5, 5.41) is 3.02. The Hall–Kier alpha value is -2.11. The molecule has 0 spiro atoms. The van der Waals surface area contributed by atoms with E-state index in [-0.39, 0.29) is 5.91 Å². The van der Waals surface area contributed by atoms with E-state index in [1.54, 1.807) is 6.07 Å². The van der Waals surface area contributed by atoms with E-state index in [1.807, 2.05) is 6.07 Å². The van der Waals surface area contributed by atoms with Gasteiger partial charge >= 0.3 is 0 Å². The summed E-state index contributed by atoms with van der Waals surface area (Å²) in [6, 6.07) is 13.4. The zero-order chi connectivity index (χ0) is 22.2. The van der Waals surface area contributed by atoms with Crippen LogP contribution in [0.5, 0.6) is 0 Å². The second-order valence-electron chi connectivity index (χ2n) is 9.24. The van der Waals surface area contributed by atoms with Crippen LogP contribution in [0.25, 0.3) is 0 Å². The van der Waals surface area contributed by atoms with E-state index in [1.165, 1.54) is 36.9 Å². The van der Waals surface area contributed by atoms with Crippen molar-refractivity contribution >= 4 is 5.91 Å². The molecule has 0 bridgehead atoms. The largest absolute Gasteiger partial charge is 0.455 e. The van der Waals surface area contributed by atoms with Gasteiger partial charge in [0.2, 0.25) is 0 Å². The predicted molar refractivity (Wildman–Crippen MR) is 126 cm³/mol. The van der Waals surface area contributed by atoms with Crippen LogP contribution in [0.15, 0.2) is 40.8 Å². The summed E-state index contributed by atoms with van der Waals surface area (Å²) in [6.45, 7) is 13.3. The van der Waals surface area contributed by atoms with Gasteiger partial charge in [0.25, 0.3) is 5.91 Å². The second kappa shape index (κ2) is 11.5. The highest BCUT2D eigenvalue weighted by Crippen LogP contribution is 2.17. The number of nitrogens with zero attached hydrogens (tertiary/aromatic N) is 2. The molecule has 1 saturated heterocycles. The molecule has 3 rings (SSSR count). The summed E-state index contributed by atoms with van der Waals surface area (Å²) < 4.78 is 5.89. The van der Waals surface area contributed by atoms with Crippen molar-refractivity contribution in [2.75, 3.05) is 19.6 Å². The van der Waals surface area contributed by atoms with Gasteiger partial charge in [0.1, 0.15) is 5.76 Å². The fourth-order valence-electron chi connectivity index (χ4n) is 4.31. The molecular weight excluding hydrogens is 386 g/mol. The van der Waals surface area contributed by atoms with E-state index in [4.69, 9.17) is 4.42 Å². The molecule has 1 aliphatic rings. The van der Waals surface area contributed by atoms with E-state index in [0.29, 0.717) is 30.9 Å². The van der Waals surface area contributed by atoms with E-state index in [2.05, 4.69) is 67.1 Å². The van der Waals surface area contributed by atoms with Crippen LogP contribution in [0.1, 0.15) is 73.9 Å². The van der Waals surface area contributed by atoms with Crippen molar-refractivity contribution < 1.29 is 9.21 Å². The first kappa shape index (κ1) is 23.6. The minimum atomic E-state index is -0.118. The van der Waals surface area contributed by atoms with Crippen molar-refractivity contribution in [3.05, 3.63) is 59.0 Å². The Morgan fingerprint density at radius 3 is 2.81 bits per heavy atom. The van der Waals surface area contributed by atoms with Gasteiger partial charge in [-0.05, 0) is 71.2 Å². The molecule has 2 heterocycles. The molecule has 1 unspecified atom stereocenters. The predicted octanol–water partition coefficient (Wildman–Crippen LogP) is 4.99. The van der Waals surface area contributed by atoms with E-state index < -0.39 is 0 Å². The quantitative estimate of drug-likeness (QED) is 0.545. The number of carbonyl (C=O) groups is 1. The highest BCUT2D eigenvalue weighted by molar-refractivity contribution is 5.91. The first-order valence-corrected chi connectivity index (χ1v) is 11.8. The maximum atomic E-state index is 12.5. The fourth-order valence-corrected chi connectivity index (χ4v) is 4.31. The minimum absolute atomic E-state index is 0.118. The maximum Gasteiger partial charge on any atom is 0.286 e. The number of piperidine rings is 1. The number of carbonyl (C=O) groups excluding carboxylic acids is 1. The zero-order valence-electron chi connectivity index (χ0n) is 19.7. The van der Waals surface area contributed by atoms with Crippen LogP contribution in [0, 0.1) is 6.92 Å². The van der Waals surface area contributed by atoms with E-state index in [0.717, 1.165) is 25.3 Å². The van der Waals surface area contributed by atoms with Crippen LogP contribution in [-0.4, -0.2) is 47.4 Å². The van der Waals surface area contributed by atoms with Crippen molar-refractivity contribution in [3.8, 4) is 0 Å². The summed E-state index contributed by atoms with van der Waals surface area (Å²) in [6.07, 6.45) is 4.90. The molecule has 31 heavy (non-hydrogen) atoms. The van der Waals surface area contributed by atoms with Crippen LogP contribution in [0.3, 0.4) is 0 Å². The molecule has 1 atom stereocenters. The molecule has 0 aliphatic carbocycles. The highest BCUT2D eigenvalue weighted by Gasteiger charge is 2.18. The number of benzene rings is 1. The molecule has 2 aromatic rings. The molecule has 0 radical (unpaired) electrons. The lowest BCUT2D eigenvalue weighted by Gasteiger charge is -2.33. The highest BCUT2D eigenvalue weighted by atomic mass is 16.4. The molecular formula is C26H39N3O2. The third kappa shape index (κ3) is 7.22. The summed E-state index contributed by atoms with van der Waals surface area (Å²) in [4.78, 5) is 17.4. The topological polar surface area (TPSA) is 48.7 Å². The first-order valence-electron chi connectivity index (χ1n) is 11.8. The van der Waals surface area contributed by atoms with Gasteiger partial charge in [-0.25, -0.2) is 0 Å². The van der Waals surface area contributed by atoms with Gasteiger partial charge in [0, 0.05) is 31.7 Å². The Kier molecular flexibility index (Phi) is 8.73. The van der Waals surface area contributed by atoms with Gasteiger partial charge < -0.3 is 14.6 Å². The van der Waals surface area contributed by atoms with E-state index >= 15 is 0 Å². The monoisotopic (exact) mass is 425 g/mol. The minimum Gasteiger partial charge on any atom is -0.455 e. The van der Waals surface area contributed by atoms with Crippen LogP contribution >= 0.6 is 0 Å². The smallest absolute Gasteiger partial charge is 0.286 e. The number of rotatable bonds is 10. The average Bonchev–Trinajstić information content (AvgIpc) is 3.20. The van der Waals surface area contributed by atoms with Crippen LogP contribution in [0.2, 0.25) is 0 Å². The van der Waals surface area contributed by atoms with Crippen LogP contribution in [-0.2, 0) is 13.1 Å². The Morgan fingerprint density at radius 2 is 2.06 bits per heavy atom. The lowest BCUT2D eigenvalue weighted by molar-refractivity contribution is 0.0916. The van der Waals surface area contributed by atoms with Crippen molar-refractivity contribution in [1.29, 1.82) is 0 Å². The third-order valence-corrected chi connectivity index (χ3v) is 6.29. The van der Waals surface area contributed by atoms with E-state index in [9.17, 15) is 4.79 Å². The number of aryl methyl sites for hydroxylation is 1. The molecule has 1 N–H and O–H groups in total. The summed E-state index contributed by atoms with van der Waals surface area (Å²) in [5.74, 6) is 1.11. The Morgan fingerprint density at radius 1 is 1.23 bits per heavy atom. The number of nitrogens with one attached hydrogen (secondary N) is 1. The molecule has 170 valence electrons. The normalized spacial score (nSPS) is 17.4. The Bertz CT molecular complexity index is 830. The molecule has 1 aromatic heterocycles. The Labute approximate surface area is 187 Å². The number of hydrogen-bond acceptors (Lipinski definition) is 4. The standard InChI is InChI=1S/C26H39N3O2/c1-20(2)29(18-23-11-7-9-21(3)17-23)19-24-12-13-25(31-24)26(30)27-14-8-16-28-15-6-5-10-22(28)4/h7,9,11-13,17,20,22H,5-6,8,10,14-16,18-19H2,1-4H3,(H,27,30). The summed E-state index contributed by atoms with van der Waals surface area (Å²) >= 11 is 0. The zero-order valence-corrected chi connectivity index (χ0v) is 19.7. The van der Waals surface area contributed by atoms with Crippen molar-refractivity contribution in [1.82, 2.24) is 15.1 Å². The summed E-state index contributed by atoms with van der Waals surface area (Å²) in [7, 11) is 0. The second-order valence-corrected chi connectivity index (χ2v) is 9.24. The van der Waals surface area contributed by atoms with Crippen molar-refractivity contribution in [2.45, 2.75) is 78.6 Å². The lowest BCUT2D eigenvalue weighted by Crippen LogP contribution is -2.39. The maximum absolute atomic E-state index is 12.5. The number of amides is 1. The lowest BCUT2D eigenvalue weighted by atomic mass is 10.0. The van der Waals surface area contributed by atoms with Gasteiger partial charge in [-0.1, -0.05) is 36.2 Å². The number of furan rings is 1.